The number of piperidine rings is 2. The number of hydrogen-bond donors (Lipinski definition) is 2. The zero-order valence-corrected chi connectivity index (χ0v) is 28.9. The molecule has 0 spiro atoms. The Bertz CT molecular complexity index is 1850. The van der Waals surface area contributed by atoms with E-state index in [-0.39, 0.29) is 30.9 Å². The molecule has 1 aliphatic carbocycles. The number of rotatable bonds is 9. The van der Waals surface area contributed by atoms with Crippen LogP contribution in [0.1, 0.15) is 95.5 Å². The fourth-order valence-corrected chi connectivity index (χ4v) is 8.99. The predicted octanol–water partition coefficient (Wildman–Crippen LogP) is 6.32. The highest BCUT2D eigenvalue weighted by Crippen LogP contribution is 2.39. The van der Waals surface area contributed by atoms with Crippen LogP contribution in [0.25, 0.3) is 6.08 Å². The van der Waals surface area contributed by atoms with Crippen molar-refractivity contribution >= 4 is 41.2 Å². The monoisotopic (exact) mass is 690 g/mol. The summed E-state index contributed by atoms with van der Waals surface area (Å²) in [5.41, 5.74) is 6.35. The van der Waals surface area contributed by atoms with Crippen molar-refractivity contribution in [2.24, 2.45) is 0 Å². The Morgan fingerprint density at radius 2 is 1.80 bits per heavy atom. The number of anilines is 1. The van der Waals surface area contributed by atoms with Gasteiger partial charge in [0, 0.05) is 46.5 Å². The summed E-state index contributed by atoms with van der Waals surface area (Å²) in [6.07, 6.45) is 7.73. The van der Waals surface area contributed by atoms with Gasteiger partial charge in [0.1, 0.15) is 18.4 Å². The molecule has 1 atom stereocenters. The van der Waals surface area contributed by atoms with Crippen molar-refractivity contribution in [1.82, 2.24) is 10.2 Å². The van der Waals surface area contributed by atoms with Gasteiger partial charge >= 0.3 is 0 Å². The first kappa shape index (κ1) is 33.9. The quantitative estimate of drug-likeness (QED) is 0.250. The second-order valence-electron chi connectivity index (χ2n) is 13.7. The molecule has 258 valence electrons. The van der Waals surface area contributed by atoms with Crippen molar-refractivity contribution in [2.75, 3.05) is 18.0 Å². The normalized spacial score (nSPS) is 22.6. The van der Waals surface area contributed by atoms with Crippen molar-refractivity contribution in [1.29, 1.82) is 5.26 Å². The molecule has 2 N–H and O–H groups in total. The molecule has 3 aliphatic heterocycles. The van der Waals surface area contributed by atoms with Crippen LogP contribution in [0.3, 0.4) is 0 Å². The standard InChI is InChI=1S/C40H42N4O5S/c1-2-25-20-32(50-31-16-18-43(19-17-31)29-10-6-27(22-41)34(21-29)26-7-11-30(45)12-8-26)13-9-28(25)24-49-37-5-3-4-33-35(37)23-44(40(33)48)36-14-15-38(46)42-39(36)47/h2-6,9-10,13,20-21,26,30-31,36,45H,1,7-8,11-12,14-19,23-24H2,(H,42,46,47)/t26?,30?,36-/m0/s1. The molecule has 4 aliphatic rings. The van der Waals surface area contributed by atoms with Gasteiger partial charge in [-0.1, -0.05) is 24.8 Å². The number of nitrogens with zero attached hydrogens (tertiary/aromatic N) is 3. The van der Waals surface area contributed by atoms with Gasteiger partial charge in [-0.3, -0.25) is 19.7 Å². The highest BCUT2D eigenvalue weighted by atomic mass is 32.2. The minimum atomic E-state index is -0.670. The van der Waals surface area contributed by atoms with Crippen molar-refractivity contribution in [3.63, 3.8) is 0 Å². The van der Waals surface area contributed by atoms with Crippen LogP contribution in [0.2, 0.25) is 0 Å². The number of nitriles is 1. The lowest BCUT2D eigenvalue weighted by atomic mass is 9.81. The lowest BCUT2D eigenvalue weighted by Gasteiger charge is -2.34. The molecule has 0 aromatic heterocycles. The molecule has 3 aromatic carbocycles. The van der Waals surface area contributed by atoms with Gasteiger partial charge in [0.2, 0.25) is 11.8 Å². The summed E-state index contributed by atoms with van der Waals surface area (Å²) in [5, 5.41) is 22.6. The lowest BCUT2D eigenvalue weighted by molar-refractivity contribution is -0.136. The van der Waals surface area contributed by atoms with Crippen LogP contribution in [-0.2, 0) is 22.7 Å². The van der Waals surface area contributed by atoms with Crippen LogP contribution in [0.5, 0.6) is 5.75 Å². The third-order valence-corrected chi connectivity index (χ3v) is 12.0. The van der Waals surface area contributed by atoms with Crippen molar-refractivity contribution in [3.8, 4) is 11.8 Å². The van der Waals surface area contributed by atoms with Gasteiger partial charge in [0.15, 0.2) is 0 Å². The van der Waals surface area contributed by atoms with Crippen molar-refractivity contribution in [3.05, 3.63) is 94.6 Å². The third-order valence-electron chi connectivity index (χ3n) is 10.7. The molecule has 9 nitrogen and oxygen atoms in total. The van der Waals surface area contributed by atoms with E-state index in [1.165, 1.54) is 15.5 Å². The first-order valence-corrected chi connectivity index (χ1v) is 18.5. The van der Waals surface area contributed by atoms with Crippen LogP contribution < -0.4 is 15.0 Å². The predicted molar refractivity (Wildman–Crippen MR) is 193 cm³/mol. The summed E-state index contributed by atoms with van der Waals surface area (Å²) in [6, 6.07) is 19.8. The highest BCUT2D eigenvalue weighted by Gasteiger charge is 2.40. The molecule has 3 aromatic rings. The van der Waals surface area contributed by atoms with E-state index in [1.807, 2.05) is 30.0 Å². The second kappa shape index (κ2) is 14.7. The molecule has 0 bridgehead atoms. The number of aliphatic hydroxyl groups is 1. The number of imide groups is 1. The number of amides is 3. The fourth-order valence-electron chi connectivity index (χ4n) is 7.81. The Morgan fingerprint density at radius 3 is 2.54 bits per heavy atom. The van der Waals surface area contributed by atoms with Gasteiger partial charge < -0.3 is 19.6 Å². The highest BCUT2D eigenvalue weighted by molar-refractivity contribution is 8.00. The molecular formula is C40H42N4O5S. The molecule has 0 radical (unpaired) electrons. The smallest absolute Gasteiger partial charge is 0.255 e. The molecule has 0 unspecified atom stereocenters. The molecular weight excluding hydrogens is 649 g/mol. The van der Waals surface area contributed by atoms with Gasteiger partial charge in [0.05, 0.1) is 24.3 Å². The third kappa shape index (κ3) is 7.03. The van der Waals surface area contributed by atoms with Crippen LogP contribution in [-0.4, -0.2) is 58.2 Å². The first-order chi connectivity index (χ1) is 24.3. The summed E-state index contributed by atoms with van der Waals surface area (Å²) in [5.74, 6) is -0.0128. The largest absolute Gasteiger partial charge is 0.489 e. The maximum atomic E-state index is 13.2. The van der Waals surface area contributed by atoms with E-state index in [9.17, 15) is 24.8 Å². The topological polar surface area (TPSA) is 123 Å². The molecule has 3 fully saturated rings. The van der Waals surface area contributed by atoms with Gasteiger partial charge in [-0.2, -0.15) is 5.26 Å². The fraction of sp³-hybridized carbons (Fsp3) is 0.400. The number of benzene rings is 3. The SMILES string of the molecule is C=Cc1cc(SC2CCN(c3ccc(C#N)c(C4CCC(O)CC4)c3)CC2)ccc1COc1cccc2c1CN([C@H]1CCC(=O)NC1=O)C2=O. The van der Waals surface area contributed by atoms with E-state index >= 15 is 0 Å². The number of aliphatic hydroxyl groups excluding tert-OH is 1. The molecule has 50 heavy (non-hydrogen) atoms. The van der Waals surface area contributed by atoms with Crippen LogP contribution in [0, 0.1) is 11.3 Å². The molecule has 7 rings (SSSR count). The number of carbonyl (C=O) groups is 3. The number of nitrogens with one attached hydrogen (secondary N) is 1. The summed E-state index contributed by atoms with van der Waals surface area (Å²) in [6.45, 7) is 6.54. The van der Waals surface area contributed by atoms with E-state index in [4.69, 9.17) is 4.74 Å². The number of fused-ring (bicyclic) bond motifs is 1. The van der Waals surface area contributed by atoms with Crippen LogP contribution in [0.15, 0.2) is 66.1 Å². The average molecular weight is 691 g/mol. The van der Waals surface area contributed by atoms with E-state index < -0.39 is 11.9 Å². The van der Waals surface area contributed by atoms with E-state index in [2.05, 4.69) is 53.2 Å². The summed E-state index contributed by atoms with van der Waals surface area (Å²) in [7, 11) is 0. The van der Waals surface area contributed by atoms with Gasteiger partial charge in [0.25, 0.3) is 5.91 Å². The summed E-state index contributed by atoms with van der Waals surface area (Å²) in [4.78, 5) is 42.5. The molecule has 1 saturated carbocycles. The summed E-state index contributed by atoms with van der Waals surface area (Å²) >= 11 is 1.90. The number of carbonyl (C=O) groups excluding carboxylic acids is 3. The van der Waals surface area contributed by atoms with Gasteiger partial charge in [-0.05, 0) is 110 Å². The number of hydrogen-bond acceptors (Lipinski definition) is 8. The summed E-state index contributed by atoms with van der Waals surface area (Å²) < 4.78 is 6.29. The molecule has 3 amide bonds. The van der Waals surface area contributed by atoms with Crippen LogP contribution >= 0.6 is 11.8 Å². The Morgan fingerprint density at radius 1 is 1.00 bits per heavy atom. The zero-order valence-electron chi connectivity index (χ0n) is 28.1. The number of ether oxygens (including phenoxy) is 1. The molecule has 10 heteroatoms. The molecule has 3 heterocycles. The molecule has 2 saturated heterocycles. The van der Waals surface area contributed by atoms with Crippen molar-refractivity contribution in [2.45, 2.75) is 92.7 Å². The minimum absolute atomic E-state index is 0.213. The Kier molecular flexibility index (Phi) is 9.97. The maximum absolute atomic E-state index is 13.2. The van der Waals surface area contributed by atoms with Crippen molar-refractivity contribution < 1.29 is 24.2 Å². The lowest BCUT2D eigenvalue weighted by Crippen LogP contribution is -2.52. The van der Waals surface area contributed by atoms with Gasteiger partial charge in [-0.25, -0.2) is 0 Å². The van der Waals surface area contributed by atoms with E-state index in [0.717, 1.165) is 79.4 Å². The zero-order chi connectivity index (χ0) is 34.8. The minimum Gasteiger partial charge on any atom is -0.489 e. The Hall–Kier alpha value is -4.59. The number of thioether (sulfide) groups is 1. The van der Waals surface area contributed by atoms with E-state index in [1.54, 1.807) is 12.1 Å². The Labute approximate surface area is 297 Å². The maximum Gasteiger partial charge on any atom is 0.255 e. The average Bonchev–Trinajstić information content (AvgIpc) is 3.47. The first-order valence-electron chi connectivity index (χ1n) is 17.6. The van der Waals surface area contributed by atoms with Gasteiger partial charge in [-0.15, -0.1) is 11.8 Å². The van der Waals surface area contributed by atoms with E-state index in [0.29, 0.717) is 35.5 Å². The Balaban J connectivity index is 0.958. The second-order valence-corrected chi connectivity index (χ2v) is 15.1. The van der Waals surface area contributed by atoms with Crippen LogP contribution in [0.4, 0.5) is 5.69 Å².